The number of carbonyl (C=O) groups is 2. The molecule has 1 aromatic carbocycles. The second-order valence-corrected chi connectivity index (χ2v) is 8.75. The molecule has 2 saturated carbocycles. The topological polar surface area (TPSA) is 96.2 Å². The summed E-state index contributed by atoms with van der Waals surface area (Å²) in [5.74, 6) is 0.854. The number of amides is 3. The molecule has 2 aliphatic rings. The molecular formula is C22H35ClN4O2. The number of halogens is 1. The maximum Gasteiger partial charge on any atom is 0.315 e. The lowest BCUT2D eigenvalue weighted by atomic mass is 9.67. The summed E-state index contributed by atoms with van der Waals surface area (Å²) in [5, 5.41) is 8.97. The van der Waals surface area contributed by atoms with Crippen LogP contribution in [0.15, 0.2) is 30.3 Å². The molecule has 6 nitrogen and oxygen atoms in total. The molecule has 7 heteroatoms. The van der Waals surface area contributed by atoms with Gasteiger partial charge in [0.1, 0.15) is 6.04 Å². The van der Waals surface area contributed by atoms with Gasteiger partial charge < -0.3 is 21.7 Å². The van der Waals surface area contributed by atoms with Crippen LogP contribution in [0.25, 0.3) is 0 Å². The molecule has 2 aliphatic carbocycles. The average molecular weight is 423 g/mol. The van der Waals surface area contributed by atoms with E-state index in [-0.39, 0.29) is 42.3 Å². The third-order valence-electron chi connectivity index (χ3n) is 6.22. The highest BCUT2D eigenvalue weighted by atomic mass is 35.5. The fourth-order valence-electron chi connectivity index (χ4n) is 4.78. The normalized spacial score (nSPS) is 26.8. The third-order valence-corrected chi connectivity index (χ3v) is 6.22. The number of fused-ring (bicyclic) bond motifs is 2. The average Bonchev–Trinajstić information content (AvgIpc) is 2.65. The highest BCUT2D eigenvalue weighted by molar-refractivity contribution is 5.87. The van der Waals surface area contributed by atoms with Gasteiger partial charge in [-0.15, -0.1) is 12.4 Å². The van der Waals surface area contributed by atoms with Crippen molar-refractivity contribution in [3.8, 4) is 0 Å². The highest BCUT2D eigenvalue weighted by Gasteiger charge is 2.41. The first kappa shape index (κ1) is 23.5. The number of carbonyl (C=O) groups excluding carboxylic acids is 2. The third kappa shape index (κ3) is 6.34. The predicted octanol–water partition coefficient (Wildman–Crippen LogP) is 2.95. The van der Waals surface area contributed by atoms with E-state index in [2.05, 4.69) is 16.0 Å². The van der Waals surface area contributed by atoms with Crippen molar-refractivity contribution in [3.63, 3.8) is 0 Å². The van der Waals surface area contributed by atoms with E-state index in [0.717, 1.165) is 31.2 Å². The number of hydrogen-bond acceptors (Lipinski definition) is 3. The van der Waals surface area contributed by atoms with E-state index in [0.29, 0.717) is 18.4 Å². The number of rotatable bonds is 6. The smallest absolute Gasteiger partial charge is 0.315 e. The van der Waals surface area contributed by atoms with E-state index in [1.54, 1.807) is 0 Å². The van der Waals surface area contributed by atoms with Gasteiger partial charge in [0.05, 0.1) is 0 Å². The van der Waals surface area contributed by atoms with Crippen LogP contribution in [-0.2, 0) is 11.3 Å². The molecule has 3 rings (SSSR count). The van der Waals surface area contributed by atoms with Gasteiger partial charge in [-0.1, -0.05) is 50.6 Å². The van der Waals surface area contributed by atoms with Gasteiger partial charge in [0, 0.05) is 18.6 Å². The zero-order chi connectivity index (χ0) is 20.1. The van der Waals surface area contributed by atoms with Gasteiger partial charge in [0.2, 0.25) is 5.91 Å². The number of urea groups is 1. The van der Waals surface area contributed by atoms with Crippen LogP contribution in [0, 0.1) is 17.8 Å². The van der Waals surface area contributed by atoms with Gasteiger partial charge in [-0.2, -0.15) is 0 Å². The molecule has 162 valence electrons. The fraction of sp³-hybridized carbons (Fsp3) is 0.636. The Kier molecular flexibility index (Phi) is 8.78. The minimum absolute atomic E-state index is 0. The molecule has 29 heavy (non-hydrogen) atoms. The molecule has 0 aliphatic heterocycles. The lowest BCUT2D eigenvalue weighted by Gasteiger charge is -2.45. The minimum Gasteiger partial charge on any atom is -0.351 e. The van der Waals surface area contributed by atoms with Gasteiger partial charge in [0.25, 0.3) is 0 Å². The summed E-state index contributed by atoms with van der Waals surface area (Å²) in [6, 6.07) is 9.31. The van der Waals surface area contributed by atoms with Crippen LogP contribution in [0.2, 0.25) is 0 Å². The van der Waals surface area contributed by atoms with Crippen molar-refractivity contribution in [1.29, 1.82) is 0 Å². The Morgan fingerprint density at radius 2 is 1.72 bits per heavy atom. The number of nitrogens with two attached hydrogens (primary N) is 1. The largest absolute Gasteiger partial charge is 0.351 e. The van der Waals surface area contributed by atoms with E-state index in [1.165, 1.54) is 6.42 Å². The molecule has 2 fully saturated rings. The van der Waals surface area contributed by atoms with Crippen LogP contribution in [0.3, 0.4) is 0 Å². The highest BCUT2D eigenvalue weighted by Crippen LogP contribution is 2.39. The molecule has 1 aromatic rings. The van der Waals surface area contributed by atoms with Crippen LogP contribution in [-0.4, -0.2) is 30.1 Å². The predicted molar refractivity (Wildman–Crippen MR) is 118 cm³/mol. The van der Waals surface area contributed by atoms with E-state index >= 15 is 0 Å². The lowest BCUT2D eigenvalue weighted by molar-refractivity contribution is -0.126. The first-order chi connectivity index (χ1) is 13.4. The van der Waals surface area contributed by atoms with Gasteiger partial charge in [-0.3, -0.25) is 4.79 Å². The van der Waals surface area contributed by atoms with Crippen molar-refractivity contribution >= 4 is 24.3 Å². The zero-order valence-corrected chi connectivity index (χ0v) is 18.2. The van der Waals surface area contributed by atoms with Gasteiger partial charge in [0.15, 0.2) is 0 Å². The standard InChI is InChI=1S/C22H34N4O2.ClH/c1-14(2)19(26-22(28)24-13-15-7-4-3-5-8-15)21(27)25-20-16-9-6-10-17(20)12-18(23)11-16;/h3-5,7-8,14,16-20H,6,9-13,23H2,1-2H3,(H,25,27)(H2,24,26,28);1H. The van der Waals surface area contributed by atoms with Crippen LogP contribution in [0.5, 0.6) is 0 Å². The van der Waals surface area contributed by atoms with Gasteiger partial charge in [-0.25, -0.2) is 4.79 Å². The summed E-state index contributed by atoms with van der Waals surface area (Å²) >= 11 is 0. The lowest BCUT2D eigenvalue weighted by Crippen LogP contribution is -2.59. The Hall–Kier alpha value is -1.79. The molecular weight excluding hydrogens is 388 g/mol. The summed E-state index contributed by atoms with van der Waals surface area (Å²) in [4.78, 5) is 25.3. The number of nitrogens with one attached hydrogen (secondary N) is 3. The summed E-state index contributed by atoms with van der Waals surface area (Å²) in [5.41, 5.74) is 7.22. The Balaban J connectivity index is 0.00000300. The molecule has 5 N–H and O–H groups in total. The molecule has 0 heterocycles. The second-order valence-electron chi connectivity index (χ2n) is 8.75. The van der Waals surface area contributed by atoms with E-state index in [9.17, 15) is 9.59 Å². The van der Waals surface area contributed by atoms with Crippen molar-refractivity contribution in [2.24, 2.45) is 23.5 Å². The number of hydrogen-bond donors (Lipinski definition) is 4. The molecule has 3 atom stereocenters. The second kappa shape index (κ2) is 10.8. The van der Waals surface area contributed by atoms with Crippen molar-refractivity contribution in [3.05, 3.63) is 35.9 Å². The summed E-state index contributed by atoms with van der Waals surface area (Å²) in [7, 11) is 0. The molecule has 0 radical (unpaired) electrons. The Bertz CT molecular complexity index is 656. The molecule has 3 unspecified atom stereocenters. The van der Waals surface area contributed by atoms with Crippen LogP contribution in [0.1, 0.15) is 51.5 Å². The Labute approximate surface area is 180 Å². The first-order valence-electron chi connectivity index (χ1n) is 10.6. The first-order valence-corrected chi connectivity index (χ1v) is 10.6. The van der Waals surface area contributed by atoms with Gasteiger partial charge in [-0.05, 0) is 49.0 Å². The summed E-state index contributed by atoms with van der Waals surface area (Å²) < 4.78 is 0. The molecule has 0 saturated heterocycles. The maximum absolute atomic E-state index is 13.0. The van der Waals surface area contributed by atoms with Crippen LogP contribution >= 0.6 is 12.4 Å². The zero-order valence-electron chi connectivity index (χ0n) is 17.4. The van der Waals surface area contributed by atoms with Crippen molar-refractivity contribution in [1.82, 2.24) is 16.0 Å². The minimum atomic E-state index is -0.549. The van der Waals surface area contributed by atoms with E-state index in [4.69, 9.17) is 5.73 Å². The van der Waals surface area contributed by atoms with E-state index < -0.39 is 6.04 Å². The quantitative estimate of drug-likeness (QED) is 0.567. The van der Waals surface area contributed by atoms with E-state index in [1.807, 2.05) is 44.2 Å². The Morgan fingerprint density at radius 3 is 2.31 bits per heavy atom. The SMILES string of the molecule is CC(C)C(NC(=O)NCc1ccccc1)C(=O)NC1C2CCCC1CC(N)C2.Cl. The van der Waals surface area contributed by atoms with Crippen LogP contribution in [0.4, 0.5) is 4.79 Å². The Morgan fingerprint density at radius 1 is 1.10 bits per heavy atom. The maximum atomic E-state index is 13.0. The molecule has 0 spiro atoms. The van der Waals surface area contributed by atoms with Gasteiger partial charge >= 0.3 is 6.03 Å². The van der Waals surface area contributed by atoms with Crippen molar-refractivity contribution < 1.29 is 9.59 Å². The van der Waals surface area contributed by atoms with Crippen LogP contribution < -0.4 is 21.7 Å². The molecule has 3 amide bonds. The number of benzene rings is 1. The molecule has 2 bridgehead atoms. The monoisotopic (exact) mass is 422 g/mol. The summed E-state index contributed by atoms with van der Waals surface area (Å²) in [6.45, 7) is 4.35. The van der Waals surface area contributed by atoms with Crippen molar-refractivity contribution in [2.45, 2.75) is 70.6 Å². The van der Waals surface area contributed by atoms with Crippen molar-refractivity contribution in [2.75, 3.05) is 0 Å². The molecule has 0 aromatic heterocycles. The fourth-order valence-corrected chi connectivity index (χ4v) is 4.78. The summed E-state index contributed by atoms with van der Waals surface area (Å²) in [6.07, 6.45) is 5.46.